The summed E-state index contributed by atoms with van der Waals surface area (Å²) in [6.45, 7) is 1.10. The fourth-order valence-electron chi connectivity index (χ4n) is 5.37. The van der Waals surface area contributed by atoms with Gasteiger partial charge in [-0.2, -0.15) is 5.26 Å². The second-order valence-corrected chi connectivity index (χ2v) is 8.88. The Hall–Kier alpha value is -2.10. The van der Waals surface area contributed by atoms with Gasteiger partial charge in [0.1, 0.15) is 6.54 Å². The molecule has 0 atom stereocenters. The van der Waals surface area contributed by atoms with Crippen LogP contribution in [0.1, 0.15) is 50.5 Å². The summed E-state index contributed by atoms with van der Waals surface area (Å²) in [5, 5.41) is 23.5. The van der Waals surface area contributed by atoms with Gasteiger partial charge in [-0.1, -0.05) is 30.3 Å². The molecule has 0 radical (unpaired) electrons. The molecule has 3 fully saturated rings. The van der Waals surface area contributed by atoms with Gasteiger partial charge in [-0.3, -0.25) is 0 Å². The highest BCUT2D eigenvalue weighted by Crippen LogP contribution is 2.48. The molecule has 6 nitrogen and oxygen atoms in total. The summed E-state index contributed by atoms with van der Waals surface area (Å²) < 4.78 is 0. The predicted octanol–water partition coefficient (Wildman–Crippen LogP) is 2.59. The summed E-state index contributed by atoms with van der Waals surface area (Å²) in [6, 6.07) is 12.6. The maximum Gasteiger partial charge on any atom is 0.321 e. The second-order valence-electron chi connectivity index (χ2n) is 8.88. The van der Waals surface area contributed by atoms with Gasteiger partial charge in [0.15, 0.2) is 0 Å². The molecule has 0 unspecified atom stereocenters. The van der Waals surface area contributed by atoms with Gasteiger partial charge < -0.3 is 20.2 Å². The summed E-state index contributed by atoms with van der Waals surface area (Å²) in [6.07, 6.45) is 6.13. The Labute approximate surface area is 167 Å². The highest BCUT2D eigenvalue weighted by atomic mass is 16.3. The molecule has 1 aromatic rings. The van der Waals surface area contributed by atoms with Crippen LogP contribution in [0.3, 0.4) is 0 Å². The van der Waals surface area contributed by atoms with E-state index in [-0.39, 0.29) is 23.7 Å². The first-order valence-corrected chi connectivity index (χ1v) is 10.4. The molecular weight excluding hydrogens is 352 g/mol. The number of nitriles is 1. The van der Waals surface area contributed by atoms with Crippen molar-refractivity contribution in [3.63, 3.8) is 0 Å². The van der Waals surface area contributed by atoms with Crippen LogP contribution in [0.15, 0.2) is 30.3 Å². The zero-order valence-corrected chi connectivity index (χ0v) is 16.7. The van der Waals surface area contributed by atoms with Crippen LogP contribution in [0.4, 0.5) is 4.79 Å². The molecule has 150 valence electrons. The van der Waals surface area contributed by atoms with Gasteiger partial charge in [-0.25, -0.2) is 4.79 Å². The molecule has 1 saturated heterocycles. The zero-order valence-electron chi connectivity index (χ0n) is 16.7. The van der Waals surface area contributed by atoms with Crippen molar-refractivity contribution in [2.75, 3.05) is 26.7 Å². The number of urea groups is 1. The molecule has 4 rings (SSSR count). The van der Waals surface area contributed by atoms with Gasteiger partial charge in [0.2, 0.25) is 0 Å². The summed E-state index contributed by atoms with van der Waals surface area (Å²) in [5.41, 5.74) is 0.170. The highest BCUT2D eigenvalue weighted by molar-refractivity contribution is 5.78. The van der Waals surface area contributed by atoms with Crippen LogP contribution in [0.5, 0.6) is 0 Å². The third kappa shape index (κ3) is 3.07. The molecule has 6 heteroatoms. The Balaban J connectivity index is 1.58. The van der Waals surface area contributed by atoms with Crippen molar-refractivity contribution >= 4 is 6.03 Å². The van der Waals surface area contributed by atoms with Crippen molar-refractivity contribution in [3.8, 4) is 6.07 Å². The molecule has 2 N–H and O–H groups in total. The van der Waals surface area contributed by atoms with Crippen molar-refractivity contribution in [2.24, 2.45) is 0 Å². The number of nitrogens with one attached hydrogen (secondary N) is 1. The summed E-state index contributed by atoms with van der Waals surface area (Å²) in [5.74, 6) is 0. The Bertz CT molecular complexity index is 760. The van der Waals surface area contributed by atoms with Crippen molar-refractivity contribution in [1.82, 2.24) is 15.1 Å². The molecule has 0 bridgehead atoms. The van der Waals surface area contributed by atoms with E-state index in [2.05, 4.69) is 35.7 Å². The fourth-order valence-corrected chi connectivity index (χ4v) is 5.37. The molecule has 2 amide bonds. The van der Waals surface area contributed by atoms with Gasteiger partial charge in [0.25, 0.3) is 0 Å². The van der Waals surface area contributed by atoms with Crippen molar-refractivity contribution in [3.05, 3.63) is 35.9 Å². The van der Waals surface area contributed by atoms with Crippen LogP contribution in [0.2, 0.25) is 0 Å². The minimum Gasteiger partial charge on any atom is -0.388 e. The second kappa shape index (κ2) is 7.06. The lowest BCUT2D eigenvalue weighted by atomic mass is 9.68. The number of hydrogen-bond donors (Lipinski definition) is 2. The molecule has 1 spiro atoms. The number of nitrogens with zero attached hydrogens (tertiary/aromatic N) is 3. The number of benzene rings is 1. The number of hydrogen-bond acceptors (Lipinski definition) is 4. The molecule has 3 aliphatic rings. The van der Waals surface area contributed by atoms with Crippen LogP contribution in [-0.2, 0) is 5.54 Å². The topological polar surface area (TPSA) is 79.6 Å². The first-order chi connectivity index (χ1) is 13.5. The van der Waals surface area contributed by atoms with Crippen molar-refractivity contribution in [1.29, 1.82) is 5.26 Å². The summed E-state index contributed by atoms with van der Waals surface area (Å²) in [4.78, 5) is 16.6. The van der Waals surface area contributed by atoms with E-state index in [9.17, 15) is 9.90 Å². The Morgan fingerprint density at radius 1 is 1.14 bits per heavy atom. The van der Waals surface area contributed by atoms with Gasteiger partial charge in [0, 0.05) is 12.1 Å². The molecule has 0 aromatic heterocycles. The number of rotatable bonds is 5. The normalized spacial score (nSPS) is 31.7. The monoisotopic (exact) mass is 382 g/mol. The number of β-amino-alcohol motifs (C(OH)–C–C–N with tert-alkyl or cyclic N) is 1. The number of aliphatic hydroxyl groups is 1. The van der Waals surface area contributed by atoms with E-state index in [0.29, 0.717) is 13.1 Å². The molecule has 1 aliphatic heterocycles. The van der Waals surface area contributed by atoms with Crippen LogP contribution in [0.25, 0.3) is 0 Å². The third-order valence-corrected chi connectivity index (χ3v) is 7.40. The Kier molecular flexibility index (Phi) is 4.84. The Morgan fingerprint density at radius 2 is 1.82 bits per heavy atom. The van der Waals surface area contributed by atoms with Crippen molar-refractivity contribution < 1.29 is 9.90 Å². The lowest BCUT2D eigenvalue weighted by molar-refractivity contribution is -0.0690. The molecule has 2 saturated carbocycles. The van der Waals surface area contributed by atoms with Gasteiger partial charge in [-0.15, -0.1) is 0 Å². The third-order valence-electron chi connectivity index (χ3n) is 7.40. The largest absolute Gasteiger partial charge is 0.388 e. The van der Waals surface area contributed by atoms with Crippen molar-refractivity contribution in [2.45, 2.75) is 61.6 Å². The van der Waals surface area contributed by atoms with E-state index >= 15 is 0 Å². The quantitative estimate of drug-likeness (QED) is 0.767. The number of carbonyl (C=O) groups excluding carboxylic acids is 1. The molecule has 1 heterocycles. The predicted molar refractivity (Wildman–Crippen MR) is 106 cm³/mol. The first kappa shape index (κ1) is 19.2. The molecule has 1 aromatic carbocycles. The first-order valence-electron chi connectivity index (χ1n) is 10.4. The highest BCUT2D eigenvalue weighted by Gasteiger charge is 2.55. The lowest BCUT2D eigenvalue weighted by Gasteiger charge is -2.50. The molecule has 2 aliphatic carbocycles. The average molecular weight is 383 g/mol. The Morgan fingerprint density at radius 3 is 2.36 bits per heavy atom. The van der Waals surface area contributed by atoms with E-state index in [1.54, 1.807) is 4.90 Å². The average Bonchev–Trinajstić information content (AvgIpc) is 2.94. The van der Waals surface area contributed by atoms with E-state index in [0.717, 1.165) is 44.9 Å². The standard InChI is InChI=1S/C22H30N4O2/c1-24-22(18-6-3-2-4-7-18)12-10-20(11-13-22)16-25(15-14-23)19(27)26(20)17-21(28)8-5-9-21/h2-4,6-7,24,28H,5,8-13,15-17H2,1H3/t20-,22+. The maximum absolute atomic E-state index is 13.1. The van der Waals surface area contributed by atoms with E-state index in [1.165, 1.54) is 5.56 Å². The molecule has 28 heavy (non-hydrogen) atoms. The summed E-state index contributed by atoms with van der Waals surface area (Å²) >= 11 is 0. The van der Waals surface area contributed by atoms with Crippen LogP contribution >= 0.6 is 0 Å². The minimum atomic E-state index is -0.748. The van der Waals surface area contributed by atoms with E-state index in [1.807, 2.05) is 18.0 Å². The van der Waals surface area contributed by atoms with Crippen LogP contribution in [0, 0.1) is 11.3 Å². The SMILES string of the molecule is CN[C@]1(c2ccccc2)CC[C@]2(CC1)CN(CC#N)C(=O)N2CC1(O)CCC1. The summed E-state index contributed by atoms with van der Waals surface area (Å²) in [7, 11) is 2.02. The van der Waals surface area contributed by atoms with Gasteiger partial charge in [0.05, 0.1) is 23.8 Å². The maximum atomic E-state index is 13.1. The lowest BCUT2D eigenvalue weighted by Crippen LogP contribution is -2.59. The number of amides is 2. The van der Waals surface area contributed by atoms with E-state index < -0.39 is 5.60 Å². The van der Waals surface area contributed by atoms with Gasteiger partial charge >= 0.3 is 6.03 Å². The number of carbonyl (C=O) groups is 1. The molecular formula is C22H30N4O2. The van der Waals surface area contributed by atoms with Crippen LogP contribution in [-0.4, -0.2) is 58.8 Å². The van der Waals surface area contributed by atoms with Crippen LogP contribution < -0.4 is 5.32 Å². The minimum absolute atomic E-state index is 0.0847. The zero-order chi connectivity index (χ0) is 19.8. The van der Waals surface area contributed by atoms with E-state index in [4.69, 9.17) is 5.26 Å². The fraction of sp³-hybridized carbons (Fsp3) is 0.636. The smallest absolute Gasteiger partial charge is 0.321 e. The van der Waals surface area contributed by atoms with Gasteiger partial charge in [-0.05, 0) is 57.6 Å².